The molecule has 0 fully saturated rings. The van der Waals surface area contributed by atoms with Gasteiger partial charge in [-0.2, -0.15) is 0 Å². The second-order valence-electron chi connectivity index (χ2n) is 5.04. The van der Waals surface area contributed by atoms with E-state index in [0.29, 0.717) is 11.6 Å². The molecule has 0 aliphatic carbocycles. The van der Waals surface area contributed by atoms with Crippen molar-refractivity contribution >= 4 is 6.08 Å². The van der Waals surface area contributed by atoms with Crippen molar-refractivity contribution in [1.29, 1.82) is 0 Å². The fourth-order valence-corrected chi connectivity index (χ4v) is 2.10. The van der Waals surface area contributed by atoms with Gasteiger partial charge in [-0.1, -0.05) is 66.2 Å². The summed E-state index contributed by atoms with van der Waals surface area (Å²) in [6.45, 7) is 4.04. The van der Waals surface area contributed by atoms with Crippen molar-refractivity contribution in [3.8, 4) is 22.8 Å². The van der Waals surface area contributed by atoms with Crippen molar-refractivity contribution in [2.45, 2.75) is 13.8 Å². The summed E-state index contributed by atoms with van der Waals surface area (Å²) in [5, 5.41) is 16.7. The number of nitrogens with zero attached hydrogens (tertiary/aromatic N) is 4. The highest BCUT2D eigenvalue weighted by Gasteiger charge is 2.06. The summed E-state index contributed by atoms with van der Waals surface area (Å²) in [5.74, 6) is 1.07. The third kappa shape index (κ3) is 3.06. The molecule has 0 spiro atoms. The van der Waals surface area contributed by atoms with Gasteiger partial charge >= 0.3 is 0 Å². The molecule has 0 aliphatic rings. The van der Waals surface area contributed by atoms with Gasteiger partial charge in [0.25, 0.3) is 0 Å². The third-order valence-corrected chi connectivity index (χ3v) is 3.32. The Bertz CT molecular complexity index is 773. The normalized spacial score (nSPS) is 11.0. The maximum Gasteiger partial charge on any atom is 0.203 e. The smallest absolute Gasteiger partial charge is 0.126 e. The highest BCUT2D eigenvalue weighted by molar-refractivity contribution is 5.60. The molecule has 4 heteroatoms. The van der Waals surface area contributed by atoms with E-state index in [1.54, 1.807) is 0 Å². The summed E-state index contributed by atoms with van der Waals surface area (Å²) in [6.07, 6.45) is 4.05. The van der Waals surface area contributed by atoms with Crippen molar-refractivity contribution in [3.05, 3.63) is 65.7 Å². The Kier molecular flexibility index (Phi) is 4.01. The van der Waals surface area contributed by atoms with Crippen LogP contribution in [0.1, 0.15) is 18.1 Å². The van der Waals surface area contributed by atoms with Crippen LogP contribution in [0, 0.1) is 6.92 Å². The van der Waals surface area contributed by atoms with Crippen LogP contribution in [0.25, 0.3) is 28.9 Å². The van der Waals surface area contributed by atoms with Gasteiger partial charge in [0.05, 0.1) is 0 Å². The molecule has 0 N–H and O–H groups in total. The van der Waals surface area contributed by atoms with Gasteiger partial charge in [0.15, 0.2) is 0 Å². The molecule has 108 valence electrons. The van der Waals surface area contributed by atoms with E-state index < -0.39 is 0 Å². The lowest BCUT2D eigenvalue weighted by atomic mass is 10.1. The Morgan fingerprint density at radius 1 is 0.682 bits per heavy atom. The standard InChI is InChI=1S/C18H16N4/c1-3-4-14-7-11-16(12-8-14)18-21-19-17(20-22-18)15-9-5-13(2)6-10-15/h3-12H,1-2H3/b4-3+. The molecule has 4 nitrogen and oxygen atoms in total. The molecule has 0 atom stereocenters. The molecule has 22 heavy (non-hydrogen) atoms. The largest absolute Gasteiger partial charge is 0.203 e. The lowest BCUT2D eigenvalue weighted by molar-refractivity contribution is 0.876. The minimum Gasteiger partial charge on any atom is -0.126 e. The highest BCUT2D eigenvalue weighted by atomic mass is 15.3. The second kappa shape index (κ2) is 6.26. The van der Waals surface area contributed by atoms with E-state index in [9.17, 15) is 0 Å². The Labute approximate surface area is 129 Å². The molecular formula is C18H16N4. The molecule has 0 saturated heterocycles. The number of allylic oxidation sites excluding steroid dienone is 1. The van der Waals surface area contributed by atoms with Crippen molar-refractivity contribution in [3.63, 3.8) is 0 Å². The zero-order valence-corrected chi connectivity index (χ0v) is 12.6. The summed E-state index contributed by atoms with van der Waals surface area (Å²) in [6, 6.07) is 16.0. The maximum atomic E-state index is 4.18. The minimum atomic E-state index is 0.530. The molecule has 3 rings (SSSR count). The molecule has 2 aromatic carbocycles. The van der Waals surface area contributed by atoms with Gasteiger partial charge < -0.3 is 0 Å². The fraction of sp³-hybridized carbons (Fsp3) is 0.111. The zero-order chi connectivity index (χ0) is 15.4. The van der Waals surface area contributed by atoms with E-state index in [1.165, 1.54) is 5.56 Å². The van der Waals surface area contributed by atoms with Gasteiger partial charge in [0.1, 0.15) is 0 Å². The van der Waals surface area contributed by atoms with E-state index >= 15 is 0 Å². The Hall–Kier alpha value is -2.88. The molecule has 3 aromatic rings. The number of benzene rings is 2. The van der Waals surface area contributed by atoms with E-state index in [2.05, 4.69) is 20.4 Å². The highest BCUT2D eigenvalue weighted by Crippen LogP contribution is 2.17. The molecule has 1 heterocycles. The lowest BCUT2D eigenvalue weighted by Gasteiger charge is -2.02. The van der Waals surface area contributed by atoms with Gasteiger partial charge in [-0.25, -0.2) is 0 Å². The van der Waals surface area contributed by atoms with Crippen LogP contribution >= 0.6 is 0 Å². The first kappa shape index (κ1) is 14.1. The molecule has 0 aliphatic heterocycles. The lowest BCUT2D eigenvalue weighted by Crippen LogP contribution is -1.99. The van der Waals surface area contributed by atoms with Gasteiger partial charge in [-0.3, -0.25) is 0 Å². The van der Waals surface area contributed by atoms with Crippen molar-refractivity contribution in [2.24, 2.45) is 0 Å². The molecule has 1 aromatic heterocycles. The van der Waals surface area contributed by atoms with Gasteiger partial charge in [-0.15, -0.1) is 20.4 Å². The molecular weight excluding hydrogens is 272 g/mol. The van der Waals surface area contributed by atoms with Crippen LogP contribution in [0.15, 0.2) is 54.6 Å². The molecule has 0 radical (unpaired) electrons. The molecule has 0 bridgehead atoms. The Balaban J connectivity index is 1.86. The monoisotopic (exact) mass is 288 g/mol. The fourth-order valence-electron chi connectivity index (χ4n) is 2.10. The van der Waals surface area contributed by atoms with Crippen molar-refractivity contribution < 1.29 is 0 Å². The number of rotatable bonds is 3. The molecule has 0 amide bonds. The maximum absolute atomic E-state index is 4.18. The van der Waals surface area contributed by atoms with Gasteiger partial charge in [-0.05, 0) is 19.4 Å². The van der Waals surface area contributed by atoms with E-state index in [1.807, 2.05) is 74.5 Å². The van der Waals surface area contributed by atoms with Crippen LogP contribution in [-0.4, -0.2) is 20.4 Å². The number of hydrogen-bond donors (Lipinski definition) is 0. The van der Waals surface area contributed by atoms with E-state index in [-0.39, 0.29) is 0 Å². The summed E-state index contributed by atoms with van der Waals surface area (Å²) in [4.78, 5) is 0. The van der Waals surface area contributed by atoms with Crippen molar-refractivity contribution in [2.75, 3.05) is 0 Å². The molecule has 0 saturated carbocycles. The average molecular weight is 288 g/mol. The molecule has 0 unspecified atom stereocenters. The van der Waals surface area contributed by atoms with Crippen LogP contribution in [0.3, 0.4) is 0 Å². The van der Waals surface area contributed by atoms with Crippen LogP contribution in [-0.2, 0) is 0 Å². The SMILES string of the molecule is C/C=C/c1ccc(-c2nnc(-c3ccc(C)cc3)nn2)cc1. The first-order valence-corrected chi connectivity index (χ1v) is 7.14. The first-order chi connectivity index (χ1) is 10.8. The predicted octanol–water partition coefficient (Wildman–Crippen LogP) is 3.94. The van der Waals surface area contributed by atoms with Crippen molar-refractivity contribution in [1.82, 2.24) is 20.4 Å². The second-order valence-corrected chi connectivity index (χ2v) is 5.04. The predicted molar refractivity (Wildman–Crippen MR) is 87.9 cm³/mol. The topological polar surface area (TPSA) is 51.6 Å². The van der Waals surface area contributed by atoms with Gasteiger partial charge in [0, 0.05) is 11.1 Å². The third-order valence-electron chi connectivity index (χ3n) is 3.32. The van der Waals surface area contributed by atoms with Crippen LogP contribution in [0.2, 0.25) is 0 Å². The summed E-state index contributed by atoms with van der Waals surface area (Å²) in [7, 11) is 0. The van der Waals surface area contributed by atoms with Gasteiger partial charge in [0.2, 0.25) is 11.6 Å². The van der Waals surface area contributed by atoms with Crippen LogP contribution in [0.4, 0.5) is 0 Å². The Morgan fingerprint density at radius 2 is 1.14 bits per heavy atom. The average Bonchev–Trinajstić information content (AvgIpc) is 2.57. The number of hydrogen-bond acceptors (Lipinski definition) is 4. The van der Waals surface area contributed by atoms with E-state index in [4.69, 9.17) is 0 Å². The van der Waals surface area contributed by atoms with Crippen LogP contribution in [0.5, 0.6) is 0 Å². The quantitative estimate of drug-likeness (QED) is 0.732. The van der Waals surface area contributed by atoms with Crippen LogP contribution < -0.4 is 0 Å². The summed E-state index contributed by atoms with van der Waals surface area (Å²) in [5.41, 5.74) is 4.16. The summed E-state index contributed by atoms with van der Waals surface area (Å²) < 4.78 is 0. The number of aryl methyl sites for hydroxylation is 1. The summed E-state index contributed by atoms with van der Waals surface area (Å²) >= 11 is 0. The Morgan fingerprint density at radius 3 is 1.59 bits per heavy atom. The van der Waals surface area contributed by atoms with E-state index in [0.717, 1.165) is 16.7 Å². The minimum absolute atomic E-state index is 0.530. The zero-order valence-electron chi connectivity index (χ0n) is 12.6. The number of aromatic nitrogens is 4. The first-order valence-electron chi connectivity index (χ1n) is 7.14.